The largest absolute Gasteiger partial charge is 0.497 e. The van der Waals surface area contributed by atoms with Gasteiger partial charge in [0, 0.05) is 20.1 Å². The van der Waals surface area contributed by atoms with Gasteiger partial charge in [0.05, 0.1) is 17.4 Å². The molecule has 0 saturated carbocycles. The molecule has 2 heterocycles. The van der Waals surface area contributed by atoms with Crippen LogP contribution in [0.1, 0.15) is 22.2 Å². The molecular weight excluding hydrogens is 378 g/mol. The fourth-order valence-corrected chi connectivity index (χ4v) is 3.84. The van der Waals surface area contributed by atoms with Gasteiger partial charge in [-0.05, 0) is 30.7 Å². The lowest BCUT2D eigenvalue weighted by Gasteiger charge is -2.06. The monoisotopic (exact) mass is 399 g/mol. The maximum absolute atomic E-state index is 12.7. The minimum atomic E-state index is -0.402. The fourth-order valence-electron chi connectivity index (χ4n) is 2.82. The van der Waals surface area contributed by atoms with Crippen molar-refractivity contribution < 1.29 is 9.53 Å². The highest BCUT2D eigenvalue weighted by Crippen LogP contribution is 2.22. The van der Waals surface area contributed by atoms with E-state index in [4.69, 9.17) is 4.74 Å². The van der Waals surface area contributed by atoms with E-state index in [9.17, 15) is 14.4 Å². The molecule has 0 saturated heterocycles. The number of aryl methyl sites for hydroxylation is 1. The summed E-state index contributed by atoms with van der Waals surface area (Å²) in [7, 11) is 3.19. The molecule has 0 radical (unpaired) electrons. The first-order chi connectivity index (χ1) is 13.5. The van der Waals surface area contributed by atoms with Gasteiger partial charge in [-0.15, -0.1) is 11.3 Å². The topological polar surface area (TPSA) is 82.3 Å². The molecule has 2 aromatic heterocycles. The van der Waals surface area contributed by atoms with Gasteiger partial charge < -0.3 is 10.1 Å². The predicted molar refractivity (Wildman–Crippen MR) is 110 cm³/mol. The zero-order valence-electron chi connectivity index (χ0n) is 15.9. The van der Waals surface area contributed by atoms with Crippen molar-refractivity contribution in [1.82, 2.24) is 14.5 Å². The summed E-state index contributed by atoms with van der Waals surface area (Å²) in [5.41, 5.74) is 0.106. The number of nitrogens with zero attached hydrogens (tertiary/aromatic N) is 2. The molecule has 146 valence electrons. The highest BCUT2D eigenvalue weighted by atomic mass is 32.1. The van der Waals surface area contributed by atoms with Crippen molar-refractivity contribution in [2.45, 2.75) is 20.0 Å². The molecule has 0 aliphatic rings. The molecule has 0 aliphatic heterocycles. The number of carbonyl (C=O) groups excluding carboxylic acids is 1. The molecule has 1 aromatic carbocycles. The second kappa shape index (κ2) is 8.26. The number of fused-ring (bicyclic) bond motifs is 1. The number of carbonyl (C=O) groups is 1. The second-order valence-corrected chi connectivity index (χ2v) is 7.22. The summed E-state index contributed by atoms with van der Waals surface area (Å²) >= 11 is 1.13. The molecular formula is C20H21N3O4S. The van der Waals surface area contributed by atoms with E-state index in [1.807, 2.05) is 31.2 Å². The van der Waals surface area contributed by atoms with E-state index in [0.29, 0.717) is 27.4 Å². The van der Waals surface area contributed by atoms with E-state index >= 15 is 0 Å². The number of rotatable bonds is 6. The summed E-state index contributed by atoms with van der Waals surface area (Å²) in [5.74, 6) is 0.418. The summed E-state index contributed by atoms with van der Waals surface area (Å²) in [4.78, 5) is 38.6. The van der Waals surface area contributed by atoms with E-state index in [1.54, 1.807) is 32.4 Å². The van der Waals surface area contributed by atoms with Crippen LogP contribution in [0, 0.1) is 0 Å². The smallest absolute Gasteiger partial charge is 0.332 e. The molecule has 1 amide bonds. The van der Waals surface area contributed by atoms with Gasteiger partial charge in [0.2, 0.25) is 0 Å². The average molecular weight is 399 g/mol. The Kier molecular flexibility index (Phi) is 5.79. The number of amides is 1. The Balaban J connectivity index is 1.90. The van der Waals surface area contributed by atoms with E-state index in [1.165, 1.54) is 4.57 Å². The molecule has 3 aromatic rings. The molecule has 0 unspecified atom stereocenters. The number of thiophene rings is 1. The number of hydrogen-bond donors (Lipinski definition) is 1. The van der Waals surface area contributed by atoms with Crippen LogP contribution in [0.5, 0.6) is 5.75 Å². The molecule has 28 heavy (non-hydrogen) atoms. The number of hydrogen-bond acceptors (Lipinski definition) is 5. The summed E-state index contributed by atoms with van der Waals surface area (Å²) < 4.78 is 7.74. The third kappa shape index (κ3) is 3.77. The number of methoxy groups -OCH3 is 1. The van der Waals surface area contributed by atoms with Crippen LogP contribution in [0.25, 0.3) is 10.2 Å². The second-order valence-electron chi connectivity index (χ2n) is 6.19. The Hall–Kier alpha value is -3.13. The Labute approximate surface area is 165 Å². The number of allylic oxidation sites excluding steroid dienone is 2. The molecule has 0 atom stereocenters. The lowest BCUT2D eigenvalue weighted by atomic mass is 10.2. The number of benzene rings is 1. The first kappa shape index (κ1) is 19.6. The number of aromatic nitrogens is 2. The molecule has 0 fully saturated rings. The number of ether oxygens (including phenoxy) is 1. The molecule has 0 spiro atoms. The van der Waals surface area contributed by atoms with Crippen LogP contribution in [-0.2, 0) is 20.1 Å². The van der Waals surface area contributed by atoms with E-state index in [0.717, 1.165) is 21.5 Å². The summed E-state index contributed by atoms with van der Waals surface area (Å²) in [6.07, 6.45) is 3.52. The summed E-state index contributed by atoms with van der Waals surface area (Å²) in [6.45, 7) is 2.35. The molecule has 3 rings (SSSR count). The number of nitrogens with one attached hydrogen (secondary N) is 1. The van der Waals surface area contributed by atoms with Gasteiger partial charge in [-0.1, -0.05) is 24.3 Å². The zero-order chi connectivity index (χ0) is 20.3. The highest BCUT2D eigenvalue weighted by Gasteiger charge is 2.17. The highest BCUT2D eigenvalue weighted by molar-refractivity contribution is 7.20. The van der Waals surface area contributed by atoms with Gasteiger partial charge in [-0.3, -0.25) is 18.7 Å². The standard InChI is InChI=1S/C20H21N3O4S/c1-4-5-9-23-18(25)15-11-16(28-19(15)22(2)20(23)26)17(24)21-12-13-7-6-8-14(10-13)27-3/h4-8,10-11H,9,12H2,1-3H3,(H,21,24). The van der Waals surface area contributed by atoms with Crippen LogP contribution >= 0.6 is 11.3 Å². The van der Waals surface area contributed by atoms with Crippen LogP contribution in [0.3, 0.4) is 0 Å². The maximum atomic E-state index is 12.7. The molecule has 8 heteroatoms. The van der Waals surface area contributed by atoms with Crippen molar-refractivity contribution >= 4 is 27.5 Å². The van der Waals surface area contributed by atoms with Crippen LogP contribution in [0.4, 0.5) is 0 Å². The van der Waals surface area contributed by atoms with Crippen molar-refractivity contribution in [3.05, 3.63) is 73.8 Å². The van der Waals surface area contributed by atoms with Crippen molar-refractivity contribution in [2.24, 2.45) is 7.05 Å². The van der Waals surface area contributed by atoms with Crippen molar-refractivity contribution in [3.8, 4) is 5.75 Å². The average Bonchev–Trinajstić information content (AvgIpc) is 3.16. The normalized spacial score (nSPS) is 11.2. The third-order valence-electron chi connectivity index (χ3n) is 4.35. The maximum Gasteiger partial charge on any atom is 0.332 e. The molecule has 1 N–H and O–H groups in total. The van der Waals surface area contributed by atoms with Gasteiger partial charge in [0.1, 0.15) is 10.6 Å². The quantitative estimate of drug-likeness (QED) is 0.645. The Morgan fingerprint density at radius 1 is 1.29 bits per heavy atom. The van der Waals surface area contributed by atoms with Crippen LogP contribution in [0.2, 0.25) is 0 Å². The lowest BCUT2D eigenvalue weighted by molar-refractivity contribution is 0.0955. The van der Waals surface area contributed by atoms with Crippen LogP contribution in [-0.4, -0.2) is 22.2 Å². The van der Waals surface area contributed by atoms with E-state index in [2.05, 4.69) is 5.32 Å². The zero-order valence-corrected chi connectivity index (χ0v) is 16.7. The van der Waals surface area contributed by atoms with Gasteiger partial charge in [0.25, 0.3) is 11.5 Å². The lowest BCUT2D eigenvalue weighted by Crippen LogP contribution is -2.38. The van der Waals surface area contributed by atoms with Gasteiger partial charge in [0.15, 0.2) is 0 Å². The van der Waals surface area contributed by atoms with Gasteiger partial charge in [-0.25, -0.2) is 4.79 Å². The summed E-state index contributed by atoms with van der Waals surface area (Å²) in [6, 6.07) is 8.96. The fraction of sp³-hybridized carbons (Fsp3) is 0.250. The van der Waals surface area contributed by atoms with Gasteiger partial charge in [-0.2, -0.15) is 0 Å². The molecule has 7 nitrogen and oxygen atoms in total. The predicted octanol–water partition coefficient (Wildman–Crippen LogP) is 2.28. The third-order valence-corrected chi connectivity index (χ3v) is 5.56. The van der Waals surface area contributed by atoms with Crippen molar-refractivity contribution in [2.75, 3.05) is 7.11 Å². The van der Waals surface area contributed by atoms with E-state index in [-0.39, 0.29) is 18.0 Å². The minimum Gasteiger partial charge on any atom is -0.497 e. The van der Waals surface area contributed by atoms with Crippen molar-refractivity contribution in [3.63, 3.8) is 0 Å². The molecule has 0 bridgehead atoms. The van der Waals surface area contributed by atoms with Crippen LogP contribution < -0.4 is 21.3 Å². The van der Waals surface area contributed by atoms with Gasteiger partial charge >= 0.3 is 5.69 Å². The SMILES string of the molecule is CC=CCn1c(=O)c2cc(C(=O)NCc3cccc(OC)c3)sc2n(C)c1=O. The first-order valence-corrected chi connectivity index (χ1v) is 9.53. The summed E-state index contributed by atoms with van der Waals surface area (Å²) in [5, 5.41) is 3.20. The Bertz CT molecular complexity index is 1170. The minimum absolute atomic E-state index is 0.200. The Morgan fingerprint density at radius 3 is 2.79 bits per heavy atom. The molecule has 0 aliphatic carbocycles. The van der Waals surface area contributed by atoms with E-state index < -0.39 is 5.69 Å². The Morgan fingerprint density at radius 2 is 2.07 bits per heavy atom. The van der Waals surface area contributed by atoms with Crippen LogP contribution in [0.15, 0.2) is 52.1 Å². The first-order valence-electron chi connectivity index (χ1n) is 8.72. The van der Waals surface area contributed by atoms with Crippen molar-refractivity contribution in [1.29, 1.82) is 0 Å².